The maximum absolute atomic E-state index is 13.1. The van der Waals surface area contributed by atoms with E-state index in [0.29, 0.717) is 10.1 Å². The highest BCUT2D eigenvalue weighted by Crippen LogP contribution is 2.35. The van der Waals surface area contributed by atoms with Crippen LogP contribution < -0.4 is 0 Å². The molecular formula is C22H32N6O10S. The monoisotopic (exact) mass is 572 g/mol. The molecule has 17 heteroatoms. The van der Waals surface area contributed by atoms with Crippen LogP contribution in [0.15, 0.2) is 23.3 Å². The van der Waals surface area contributed by atoms with Gasteiger partial charge in [-0.05, 0) is 12.2 Å². The lowest BCUT2D eigenvalue weighted by Gasteiger charge is -2.30. The Labute approximate surface area is 226 Å². The first kappa shape index (κ1) is 28.8. The molecule has 4 bridgehead atoms. The summed E-state index contributed by atoms with van der Waals surface area (Å²) in [5, 5.41) is 1.08. The number of amides is 6. The molecule has 16 nitrogen and oxygen atoms in total. The minimum absolute atomic E-state index is 0.0320. The van der Waals surface area contributed by atoms with E-state index < -0.39 is 58.4 Å². The SMILES string of the molecule is COC[C@@H]1C=C(C(=O)N(C)C)[C@@H]2CN1C(=O)N2OS(=O)(=O)ON1C(=O)N2C[C@H]1C(C(=O)N(C)C)=C[C@H]2COC. The van der Waals surface area contributed by atoms with Crippen LogP contribution in [0, 0.1) is 0 Å². The number of ether oxygens (including phenoxy) is 2. The van der Waals surface area contributed by atoms with Crippen LogP contribution in [0.5, 0.6) is 0 Å². The van der Waals surface area contributed by atoms with Crippen LogP contribution in [-0.2, 0) is 38.0 Å². The Bertz CT molecular complexity index is 1130. The minimum atomic E-state index is -5.10. The average Bonchev–Trinajstić information content (AvgIpc) is 3.29. The lowest BCUT2D eigenvalue weighted by atomic mass is 9.99. The van der Waals surface area contributed by atoms with Gasteiger partial charge < -0.3 is 29.1 Å². The zero-order valence-electron chi connectivity index (χ0n) is 22.5. The summed E-state index contributed by atoms with van der Waals surface area (Å²) in [6, 6.07) is -5.05. The van der Waals surface area contributed by atoms with Gasteiger partial charge in [0.1, 0.15) is 12.1 Å². The van der Waals surface area contributed by atoms with Gasteiger partial charge in [-0.1, -0.05) is 0 Å². The van der Waals surface area contributed by atoms with E-state index >= 15 is 0 Å². The number of methoxy groups -OCH3 is 2. The molecule has 4 atom stereocenters. The van der Waals surface area contributed by atoms with Crippen LogP contribution in [0.25, 0.3) is 0 Å². The Morgan fingerprint density at radius 3 is 1.46 bits per heavy atom. The van der Waals surface area contributed by atoms with Gasteiger partial charge in [0.2, 0.25) is 0 Å². The first-order valence-electron chi connectivity index (χ1n) is 12.0. The molecule has 2 fully saturated rings. The second-order valence-corrected chi connectivity index (χ2v) is 10.9. The molecule has 0 aromatic heterocycles. The predicted octanol–water partition coefficient (Wildman–Crippen LogP) is -1.61. The van der Waals surface area contributed by atoms with Crippen molar-refractivity contribution in [1.29, 1.82) is 0 Å². The van der Waals surface area contributed by atoms with Crippen molar-refractivity contribution < 1.29 is 45.6 Å². The van der Waals surface area contributed by atoms with Crippen molar-refractivity contribution in [1.82, 2.24) is 29.7 Å². The number of fused-ring (bicyclic) bond motifs is 4. The van der Waals surface area contributed by atoms with E-state index in [4.69, 9.17) is 18.0 Å². The van der Waals surface area contributed by atoms with Crippen molar-refractivity contribution in [3.63, 3.8) is 0 Å². The number of hydrogen-bond acceptors (Lipinski definition) is 10. The fraction of sp³-hybridized carbons (Fsp3) is 0.636. The quantitative estimate of drug-likeness (QED) is 0.298. The molecule has 0 aliphatic carbocycles. The Morgan fingerprint density at radius 1 is 0.795 bits per heavy atom. The summed E-state index contributed by atoms with van der Waals surface area (Å²) in [6.07, 6.45) is 3.07. The molecule has 4 rings (SSSR count). The van der Waals surface area contributed by atoms with Crippen molar-refractivity contribution in [3.8, 4) is 0 Å². The smallest absolute Gasteiger partial charge is 0.382 e. The molecule has 6 amide bonds. The largest absolute Gasteiger partial charge is 0.442 e. The highest BCUT2D eigenvalue weighted by molar-refractivity contribution is 7.81. The molecule has 216 valence electrons. The average molecular weight is 573 g/mol. The van der Waals surface area contributed by atoms with Gasteiger partial charge in [-0.2, -0.15) is 18.5 Å². The summed E-state index contributed by atoms with van der Waals surface area (Å²) >= 11 is 0. The fourth-order valence-electron chi connectivity index (χ4n) is 4.96. The third-order valence-corrected chi connectivity index (χ3v) is 7.45. The zero-order chi connectivity index (χ0) is 28.8. The molecule has 39 heavy (non-hydrogen) atoms. The van der Waals surface area contributed by atoms with Gasteiger partial charge in [0.15, 0.2) is 0 Å². The molecular weight excluding hydrogens is 540 g/mol. The Morgan fingerprint density at radius 2 is 1.15 bits per heavy atom. The lowest BCUT2D eigenvalue weighted by Crippen LogP contribution is -2.45. The third-order valence-electron chi connectivity index (χ3n) is 6.76. The van der Waals surface area contributed by atoms with Gasteiger partial charge in [0.05, 0.1) is 38.4 Å². The van der Waals surface area contributed by atoms with Gasteiger partial charge in [-0.25, -0.2) is 9.59 Å². The third kappa shape index (κ3) is 5.19. The maximum atomic E-state index is 13.1. The number of likely N-dealkylation sites (N-methyl/N-ethyl adjacent to an activating group) is 2. The first-order valence-corrected chi connectivity index (χ1v) is 13.3. The van der Waals surface area contributed by atoms with Crippen molar-refractivity contribution in [3.05, 3.63) is 23.3 Å². The van der Waals surface area contributed by atoms with Crippen molar-refractivity contribution >= 4 is 34.3 Å². The molecule has 0 N–H and O–H groups in total. The van der Waals surface area contributed by atoms with Crippen LogP contribution in [0.1, 0.15) is 0 Å². The summed E-state index contributed by atoms with van der Waals surface area (Å²) in [7, 11) is 3.84. The molecule has 0 unspecified atom stereocenters. The van der Waals surface area contributed by atoms with Crippen LogP contribution in [0.2, 0.25) is 0 Å². The minimum Gasteiger partial charge on any atom is -0.382 e. The molecule has 4 aliphatic rings. The van der Waals surface area contributed by atoms with E-state index in [9.17, 15) is 27.6 Å². The van der Waals surface area contributed by atoms with Crippen molar-refractivity contribution in [2.75, 3.05) is 68.7 Å². The second kappa shape index (κ2) is 10.7. The van der Waals surface area contributed by atoms with Crippen LogP contribution >= 0.6 is 0 Å². The Balaban J connectivity index is 1.59. The van der Waals surface area contributed by atoms with Gasteiger partial charge >= 0.3 is 22.5 Å². The normalized spacial score (nSPS) is 26.2. The molecule has 0 aromatic carbocycles. The van der Waals surface area contributed by atoms with E-state index in [1.165, 1.54) is 74.2 Å². The predicted molar refractivity (Wildman–Crippen MR) is 131 cm³/mol. The number of hydrogen-bond donors (Lipinski definition) is 0. The molecule has 2 saturated heterocycles. The Hall–Kier alpha value is -3.25. The van der Waals surface area contributed by atoms with E-state index in [-0.39, 0.29) is 37.4 Å². The molecule has 0 saturated carbocycles. The van der Waals surface area contributed by atoms with Crippen molar-refractivity contribution in [2.45, 2.75) is 24.2 Å². The summed E-state index contributed by atoms with van der Waals surface area (Å²) in [4.78, 5) is 57.2. The van der Waals surface area contributed by atoms with Gasteiger partial charge in [-0.3, -0.25) is 9.59 Å². The lowest BCUT2D eigenvalue weighted by molar-refractivity contribution is -0.127. The van der Waals surface area contributed by atoms with Crippen LogP contribution in [0.4, 0.5) is 9.59 Å². The van der Waals surface area contributed by atoms with Gasteiger partial charge in [-0.15, -0.1) is 8.57 Å². The van der Waals surface area contributed by atoms with Crippen LogP contribution in [0.3, 0.4) is 0 Å². The topological polar surface area (TPSA) is 159 Å². The maximum Gasteiger partial charge on any atom is 0.442 e. The second-order valence-electron chi connectivity index (χ2n) is 9.80. The summed E-state index contributed by atoms with van der Waals surface area (Å²) in [6.45, 7) is 0.0694. The molecule has 4 heterocycles. The first-order chi connectivity index (χ1) is 18.3. The number of carbonyl (C=O) groups excluding carboxylic acids is 4. The molecule has 4 aliphatic heterocycles. The highest BCUT2D eigenvalue weighted by Gasteiger charge is 2.53. The van der Waals surface area contributed by atoms with E-state index in [1.807, 2.05) is 0 Å². The Kier molecular flexibility index (Phi) is 7.91. The number of hydroxylamine groups is 4. The van der Waals surface area contributed by atoms with Crippen molar-refractivity contribution in [2.24, 2.45) is 0 Å². The summed E-state index contributed by atoms with van der Waals surface area (Å²) in [5.74, 6) is -0.889. The summed E-state index contributed by atoms with van der Waals surface area (Å²) < 4.78 is 46.7. The molecule has 0 spiro atoms. The fourth-order valence-corrected chi connectivity index (χ4v) is 5.71. The number of urea groups is 2. The number of nitrogens with zero attached hydrogens (tertiary/aromatic N) is 6. The van der Waals surface area contributed by atoms with E-state index in [1.54, 1.807) is 0 Å². The van der Waals surface area contributed by atoms with Crippen LogP contribution in [-0.4, -0.2) is 155 Å². The standard InChI is InChI=1S/C22H32N6O10S/c1-23(2)19(29)15-7-13(11-35-5)25-9-17(15)27(21(25)31)37-39(33,34)38-28-18-10-26(22(28)32)14(12-36-6)8-16(18)20(30)24(3)4/h7-8,13-14,17-18H,9-12H2,1-6H3/t13-,14-,17-,18-/m0/s1. The highest BCUT2D eigenvalue weighted by atomic mass is 32.3. The zero-order valence-corrected chi connectivity index (χ0v) is 23.3. The van der Waals surface area contributed by atoms with Gasteiger partial charge in [0.25, 0.3) is 11.8 Å². The van der Waals surface area contributed by atoms with E-state index in [0.717, 1.165) is 0 Å². The summed E-state index contributed by atoms with van der Waals surface area (Å²) in [5.41, 5.74) is 0.283. The van der Waals surface area contributed by atoms with Gasteiger partial charge in [0, 0.05) is 53.6 Å². The molecule has 0 radical (unpaired) electrons. The van der Waals surface area contributed by atoms with E-state index in [2.05, 4.69) is 0 Å². The number of carbonyl (C=O) groups is 4. The number of rotatable bonds is 10. The molecule has 0 aromatic rings.